The van der Waals surface area contributed by atoms with Crippen LogP contribution in [0.2, 0.25) is 10.0 Å². The third kappa shape index (κ3) is 5.44. The zero-order valence-electron chi connectivity index (χ0n) is 16.1. The Morgan fingerprint density at radius 1 is 0.793 bits per heavy atom. The molecule has 0 aliphatic carbocycles. The lowest BCUT2D eigenvalue weighted by Gasteiger charge is -2.37. The van der Waals surface area contributed by atoms with Gasteiger partial charge in [0, 0.05) is 55.3 Å². The number of hydrogen-bond acceptors (Lipinski definition) is 6. The zero-order valence-corrected chi connectivity index (χ0v) is 19.2. The fraction of sp³-hybridized carbons (Fsp3) is 0.368. The number of sulfone groups is 2. The molecular formula is C19H22Cl2N2O4S2. The lowest BCUT2D eigenvalue weighted by atomic mass is 10.2. The molecule has 6 nitrogen and oxygen atoms in total. The second-order valence-electron chi connectivity index (χ2n) is 7.17. The van der Waals surface area contributed by atoms with Gasteiger partial charge in [-0.15, -0.1) is 0 Å². The third-order valence-electron chi connectivity index (χ3n) is 4.86. The first-order chi connectivity index (χ1) is 13.4. The first-order valence-corrected chi connectivity index (χ1v) is 13.4. The molecule has 0 N–H and O–H groups in total. The fourth-order valence-electron chi connectivity index (χ4n) is 3.44. The van der Waals surface area contributed by atoms with Crippen molar-refractivity contribution in [2.75, 3.05) is 43.6 Å². The van der Waals surface area contributed by atoms with E-state index in [2.05, 4.69) is 4.90 Å². The lowest BCUT2D eigenvalue weighted by Crippen LogP contribution is -2.46. The van der Waals surface area contributed by atoms with Crippen molar-refractivity contribution in [1.29, 1.82) is 0 Å². The lowest BCUT2D eigenvalue weighted by molar-refractivity contribution is 0.247. The van der Waals surface area contributed by atoms with E-state index in [1.165, 1.54) is 24.6 Å². The van der Waals surface area contributed by atoms with Gasteiger partial charge in [0.1, 0.15) is 0 Å². The van der Waals surface area contributed by atoms with Crippen LogP contribution in [0.15, 0.2) is 46.2 Å². The van der Waals surface area contributed by atoms with Crippen molar-refractivity contribution in [2.24, 2.45) is 0 Å². The molecule has 0 amide bonds. The van der Waals surface area contributed by atoms with Crippen molar-refractivity contribution in [3.8, 4) is 0 Å². The molecule has 0 bridgehead atoms. The van der Waals surface area contributed by atoms with E-state index >= 15 is 0 Å². The van der Waals surface area contributed by atoms with Crippen LogP contribution in [0.3, 0.4) is 0 Å². The number of anilines is 1. The second kappa shape index (κ2) is 8.43. The summed E-state index contributed by atoms with van der Waals surface area (Å²) in [5.74, 6) is 0. The summed E-state index contributed by atoms with van der Waals surface area (Å²) in [5.41, 5.74) is 1.34. The largest absolute Gasteiger partial charge is 0.368 e. The minimum Gasteiger partial charge on any atom is -0.368 e. The van der Waals surface area contributed by atoms with Crippen LogP contribution in [0.4, 0.5) is 5.69 Å². The van der Waals surface area contributed by atoms with E-state index in [4.69, 9.17) is 23.2 Å². The van der Waals surface area contributed by atoms with Crippen molar-refractivity contribution in [2.45, 2.75) is 16.3 Å². The highest BCUT2D eigenvalue weighted by Crippen LogP contribution is 2.30. The molecule has 1 fully saturated rings. The van der Waals surface area contributed by atoms with Gasteiger partial charge in [-0.3, -0.25) is 4.90 Å². The fourth-order valence-corrected chi connectivity index (χ4v) is 5.78. The standard InChI is InChI=1S/C19H22Cl2N2O4S2/c1-28(24,25)18-11-15(20)4-3-14(18)13-22-7-9-23(10-8-22)17-6-5-16(21)12-19(17)29(2,26)27/h3-6,11-12H,7-10,13H2,1-2H3. The average Bonchev–Trinajstić information content (AvgIpc) is 2.62. The molecule has 1 aliphatic rings. The Bertz CT molecular complexity index is 1130. The van der Waals surface area contributed by atoms with E-state index in [1.54, 1.807) is 24.3 Å². The molecule has 0 aromatic heterocycles. The van der Waals surface area contributed by atoms with Crippen LogP contribution in [0.1, 0.15) is 5.56 Å². The van der Waals surface area contributed by atoms with Crippen molar-refractivity contribution in [1.82, 2.24) is 4.90 Å². The Morgan fingerprint density at radius 2 is 1.31 bits per heavy atom. The average molecular weight is 477 g/mol. The summed E-state index contributed by atoms with van der Waals surface area (Å²) in [6.07, 6.45) is 2.35. The summed E-state index contributed by atoms with van der Waals surface area (Å²) in [6.45, 7) is 3.04. The maximum Gasteiger partial charge on any atom is 0.177 e. The van der Waals surface area contributed by atoms with Crippen LogP contribution in [-0.2, 0) is 26.2 Å². The van der Waals surface area contributed by atoms with Gasteiger partial charge in [0.15, 0.2) is 19.7 Å². The van der Waals surface area contributed by atoms with Gasteiger partial charge < -0.3 is 4.90 Å². The van der Waals surface area contributed by atoms with Gasteiger partial charge in [0.25, 0.3) is 0 Å². The first kappa shape index (κ1) is 22.4. The van der Waals surface area contributed by atoms with Gasteiger partial charge in [-0.05, 0) is 35.9 Å². The Balaban J connectivity index is 1.77. The third-order valence-corrected chi connectivity index (χ3v) is 7.63. The Kier molecular flexibility index (Phi) is 6.50. The maximum absolute atomic E-state index is 12.1. The van der Waals surface area contributed by atoms with Crippen molar-refractivity contribution in [3.63, 3.8) is 0 Å². The predicted molar refractivity (Wildman–Crippen MR) is 117 cm³/mol. The van der Waals surface area contributed by atoms with Gasteiger partial charge in [0.2, 0.25) is 0 Å². The molecule has 3 rings (SSSR count). The summed E-state index contributed by atoms with van der Waals surface area (Å²) in [7, 11) is -6.80. The Labute approximate surface area is 181 Å². The molecule has 1 saturated heterocycles. The number of rotatable bonds is 5. The molecule has 29 heavy (non-hydrogen) atoms. The van der Waals surface area contributed by atoms with E-state index in [0.29, 0.717) is 54.0 Å². The van der Waals surface area contributed by atoms with E-state index < -0.39 is 19.7 Å². The van der Waals surface area contributed by atoms with Crippen LogP contribution in [0, 0.1) is 0 Å². The second-order valence-corrected chi connectivity index (χ2v) is 12.0. The highest BCUT2D eigenvalue weighted by Gasteiger charge is 2.24. The molecule has 0 radical (unpaired) electrons. The molecule has 10 heteroatoms. The van der Waals surface area contributed by atoms with E-state index in [-0.39, 0.29) is 9.79 Å². The Morgan fingerprint density at radius 3 is 1.86 bits per heavy atom. The van der Waals surface area contributed by atoms with Crippen LogP contribution < -0.4 is 4.90 Å². The minimum atomic E-state index is -3.41. The molecule has 0 unspecified atom stereocenters. The molecule has 2 aromatic rings. The number of nitrogens with zero attached hydrogens (tertiary/aromatic N) is 2. The predicted octanol–water partition coefficient (Wildman–Crippen LogP) is 3.12. The van der Waals surface area contributed by atoms with Crippen LogP contribution in [0.5, 0.6) is 0 Å². The smallest absolute Gasteiger partial charge is 0.177 e. The highest BCUT2D eigenvalue weighted by molar-refractivity contribution is 7.91. The van der Waals surface area contributed by atoms with Gasteiger partial charge in [-0.2, -0.15) is 0 Å². The summed E-state index contributed by atoms with van der Waals surface area (Å²) < 4.78 is 48.5. The first-order valence-electron chi connectivity index (χ1n) is 8.90. The molecule has 158 valence electrons. The van der Waals surface area contributed by atoms with E-state index in [9.17, 15) is 16.8 Å². The summed E-state index contributed by atoms with van der Waals surface area (Å²) >= 11 is 12.0. The number of piperazine rings is 1. The van der Waals surface area contributed by atoms with Gasteiger partial charge >= 0.3 is 0 Å². The summed E-state index contributed by atoms with van der Waals surface area (Å²) in [5, 5.41) is 0.763. The van der Waals surface area contributed by atoms with Crippen LogP contribution >= 0.6 is 23.2 Å². The highest BCUT2D eigenvalue weighted by atomic mass is 35.5. The molecule has 2 aromatic carbocycles. The Hall–Kier alpha value is -1.32. The SMILES string of the molecule is CS(=O)(=O)c1cc(Cl)ccc1CN1CCN(c2ccc(Cl)cc2S(C)(=O)=O)CC1. The van der Waals surface area contributed by atoms with Crippen molar-refractivity contribution >= 4 is 48.6 Å². The normalized spacial score (nSPS) is 16.2. The molecule has 1 heterocycles. The number of benzene rings is 2. The number of halogens is 2. The van der Waals surface area contributed by atoms with Crippen molar-refractivity contribution in [3.05, 3.63) is 52.0 Å². The van der Waals surface area contributed by atoms with Crippen molar-refractivity contribution < 1.29 is 16.8 Å². The maximum atomic E-state index is 12.1. The summed E-state index contributed by atoms with van der Waals surface area (Å²) in [6, 6.07) is 9.80. The molecule has 0 spiro atoms. The van der Waals surface area contributed by atoms with Crippen LogP contribution in [0.25, 0.3) is 0 Å². The van der Waals surface area contributed by atoms with Crippen LogP contribution in [-0.4, -0.2) is 60.4 Å². The number of hydrogen-bond donors (Lipinski definition) is 0. The summed E-state index contributed by atoms with van der Waals surface area (Å²) in [4.78, 5) is 4.62. The monoisotopic (exact) mass is 476 g/mol. The molecular weight excluding hydrogens is 455 g/mol. The molecule has 0 atom stereocenters. The van der Waals surface area contributed by atoms with Gasteiger partial charge in [0.05, 0.1) is 15.5 Å². The molecule has 1 aliphatic heterocycles. The van der Waals surface area contributed by atoms with Gasteiger partial charge in [-0.25, -0.2) is 16.8 Å². The van der Waals surface area contributed by atoms with Gasteiger partial charge in [-0.1, -0.05) is 29.3 Å². The van der Waals surface area contributed by atoms with E-state index in [0.717, 1.165) is 0 Å². The van der Waals surface area contributed by atoms with E-state index in [1.807, 2.05) is 4.90 Å². The minimum absolute atomic E-state index is 0.218. The molecule has 0 saturated carbocycles. The topological polar surface area (TPSA) is 74.8 Å². The zero-order chi connectivity index (χ0) is 21.4. The quantitative estimate of drug-likeness (QED) is 0.659.